The topological polar surface area (TPSA) is 12.5 Å². The normalized spacial score (nSPS) is 23.9. The van der Waals surface area contributed by atoms with Crippen LogP contribution in [0.4, 0.5) is 0 Å². The van der Waals surface area contributed by atoms with E-state index in [0.717, 1.165) is 18.2 Å². The molecule has 1 aliphatic heterocycles. The summed E-state index contributed by atoms with van der Waals surface area (Å²) < 4.78 is 5.43. The highest BCUT2D eigenvalue weighted by molar-refractivity contribution is 5.40. The minimum Gasteiger partial charge on any atom is -0.497 e. The van der Waals surface area contributed by atoms with Crippen LogP contribution in [-0.2, 0) is 13.0 Å². The molecule has 0 aromatic heterocycles. The van der Waals surface area contributed by atoms with E-state index in [4.69, 9.17) is 4.74 Å². The van der Waals surface area contributed by atoms with Gasteiger partial charge in [0, 0.05) is 19.6 Å². The predicted molar refractivity (Wildman–Crippen MR) is 89.3 cm³/mol. The van der Waals surface area contributed by atoms with Crippen LogP contribution in [0.3, 0.4) is 0 Å². The molecule has 1 heterocycles. The molecule has 2 aromatic carbocycles. The van der Waals surface area contributed by atoms with E-state index in [0.29, 0.717) is 5.92 Å². The first kappa shape index (κ1) is 13.8. The molecule has 1 aliphatic carbocycles. The predicted octanol–water partition coefficient (Wildman–Crippen LogP) is 3.86. The summed E-state index contributed by atoms with van der Waals surface area (Å²) >= 11 is 0. The minimum atomic E-state index is 0.668. The Hall–Kier alpha value is -1.80. The van der Waals surface area contributed by atoms with Gasteiger partial charge in [0.25, 0.3) is 0 Å². The van der Waals surface area contributed by atoms with Crippen LogP contribution in [0.15, 0.2) is 48.5 Å². The fourth-order valence-electron chi connectivity index (χ4n) is 4.22. The molecular formula is C20H23NO. The fourth-order valence-corrected chi connectivity index (χ4v) is 4.22. The first-order valence-corrected chi connectivity index (χ1v) is 8.25. The van der Waals surface area contributed by atoms with Gasteiger partial charge in [0.1, 0.15) is 5.75 Å². The van der Waals surface area contributed by atoms with E-state index < -0.39 is 0 Å². The van der Waals surface area contributed by atoms with Crippen molar-refractivity contribution in [3.05, 3.63) is 65.2 Å². The summed E-state index contributed by atoms with van der Waals surface area (Å²) in [7, 11) is 1.76. The van der Waals surface area contributed by atoms with Crippen LogP contribution in [0.1, 0.15) is 29.0 Å². The zero-order valence-corrected chi connectivity index (χ0v) is 13.2. The molecule has 1 fully saturated rings. The molecule has 2 bridgehead atoms. The van der Waals surface area contributed by atoms with E-state index >= 15 is 0 Å². The Bertz CT molecular complexity index is 652. The molecule has 2 atom stereocenters. The van der Waals surface area contributed by atoms with Crippen LogP contribution in [0.25, 0.3) is 0 Å². The maximum atomic E-state index is 5.43. The van der Waals surface area contributed by atoms with Gasteiger partial charge in [-0.15, -0.1) is 0 Å². The maximum absolute atomic E-state index is 5.43. The highest BCUT2D eigenvalue weighted by Gasteiger charge is 2.34. The zero-order valence-electron chi connectivity index (χ0n) is 13.2. The summed E-state index contributed by atoms with van der Waals surface area (Å²) in [4.78, 5) is 2.64. The third-order valence-electron chi connectivity index (χ3n) is 5.16. The molecule has 1 saturated heterocycles. The minimum absolute atomic E-state index is 0.668. The van der Waals surface area contributed by atoms with Gasteiger partial charge >= 0.3 is 0 Å². The Labute approximate surface area is 132 Å². The van der Waals surface area contributed by atoms with Gasteiger partial charge in [-0.05, 0) is 53.5 Å². The molecular weight excluding hydrogens is 270 g/mol. The lowest BCUT2D eigenvalue weighted by molar-refractivity contribution is 0.138. The van der Waals surface area contributed by atoms with E-state index in [1.54, 1.807) is 12.7 Å². The maximum Gasteiger partial charge on any atom is 0.119 e. The highest BCUT2D eigenvalue weighted by Crippen LogP contribution is 2.40. The number of hydrogen-bond acceptors (Lipinski definition) is 2. The lowest BCUT2D eigenvalue weighted by atomic mass is 9.74. The van der Waals surface area contributed by atoms with Gasteiger partial charge < -0.3 is 4.74 Å². The van der Waals surface area contributed by atoms with Crippen molar-refractivity contribution in [2.24, 2.45) is 5.92 Å². The van der Waals surface area contributed by atoms with E-state index in [1.165, 1.54) is 37.1 Å². The summed E-state index contributed by atoms with van der Waals surface area (Å²) in [5.74, 6) is 2.47. The summed E-state index contributed by atoms with van der Waals surface area (Å²) in [6, 6.07) is 17.5. The second-order valence-corrected chi connectivity index (χ2v) is 6.75. The number of fused-ring (bicyclic) bond motifs is 4. The van der Waals surface area contributed by atoms with E-state index in [2.05, 4.69) is 53.4 Å². The molecule has 114 valence electrons. The Morgan fingerprint density at radius 3 is 2.77 bits per heavy atom. The van der Waals surface area contributed by atoms with Crippen LogP contribution < -0.4 is 4.74 Å². The summed E-state index contributed by atoms with van der Waals surface area (Å²) in [6.07, 6.45) is 2.56. The van der Waals surface area contributed by atoms with Gasteiger partial charge in [-0.25, -0.2) is 0 Å². The van der Waals surface area contributed by atoms with Crippen molar-refractivity contribution in [1.29, 1.82) is 0 Å². The summed E-state index contributed by atoms with van der Waals surface area (Å²) in [5, 5.41) is 0. The Kier molecular flexibility index (Phi) is 3.63. The number of rotatable bonds is 3. The van der Waals surface area contributed by atoms with Crippen LogP contribution in [-0.4, -0.2) is 25.1 Å². The molecule has 0 N–H and O–H groups in total. The van der Waals surface area contributed by atoms with Crippen LogP contribution in [0.5, 0.6) is 5.75 Å². The molecule has 2 heteroatoms. The van der Waals surface area contributed by atoms with Crippen molar-refractivity contribution in [1.82, 2.24) is 4.90 Å². The van der Waals surface area contributed by atoms with Crippen molar-refractivity contribution < 1.29 is 4.74 Å². The van der Waals surface area contributed by atoms with E-state index in [9.17, 15) is 0 Å². The second kappa shape index (κ2) is 5.77. The molecule has 0 amide bonds. The Morgan fingerprint density at radius 1 is 1.09 bits per heavy atom. The standard InChI is InChI=1S/C20H23NO/c1-22-19-8-7-17-9-16-10-18(20(17)11-19)14-21(13-16)12-15-5-3-2-4-6-15/h2-8,11,16,18H,9-10,12-14H2,1H3. The van der Waals surface area contributed by atoms with Gasteiger partial charge in [0.05, 0.1) is 7.11 Å². The first-order chi connectivity index (χ1) is 10.8. The SMILES string of the molecule is COc1ccc2c(c1)C1CC(C2)CN(Cc2ccccc2)C1. The number of likely N-dealkylation sites (tertiary alicyclic amines) is 1. The molecule has 2 unspecified atom stereocenters. The number of hydrogen-bond donors (Lipinski definition) is 0. The van der Waals surface area contributed by atoms with Crippen LogP contribution in [0, 0.1) is 5.92 Å². The average molecular weight is 293 g/mol. The number of benzene rings is 2. The molecule has 0 spiro atoms. The van der Waals surface area contributed by atoms with Gasteiger partial charge in [-0.2, -0.15) is 0 Å². The molecule has 0 saturated carbocycles. The van der Waals surface area contributed by atoms with Gasteiger partial charge in [-0.1, -0.05) is 36.4 Å². The van der Waals surface area contributed by atoms with Gasteiger partial charge in [0.15, 0.2) is 0 Å². The third-order valence-corrected chi connectivity index (χ3v) is 5.16. The number of piperidine rings is 1. The molecule has 2 aliphatic rings. The molecule has 2 aromatic rings. The molecule has 4 rings (SSSR count). The van der Waals surface area contributed by atoms with E-state index in [-0.39, 0.29) is 0 Å². The number of nitrogens with zero attached hydrogens (tertiary/aromatic N) is 1. The smallest absolute Gasteiger partial charge is 0.119 e. The van der Waals surface area contributed by atoms with Crippen molar-refractivity contribution in [3.8, 4) is 5.75 Å². The van der Waals surface area contributed by atoms with Gasteiger partial charge in [0.2, 0.25) is 0 Å². The summed E-state index contributed by atoms with van der Waals surface area (Å²) in [6.45, 7) is 3.48. The van der Waals surface area contributed by atoms with Crippen LogP contribution >= 0.6 is 0 Å². The van der Waals surface area contributed by atoms with Crippen molar-refractivity contribution in [2.45, 2.75) is 25.3 Å². The lowest BCUT2D eigenvalue weighted by Gasteiger charge is -2.42. The number of ether oxygens (including phenoxy) is 1. The molecule has 0 radical (unpaired) electrons. The third kappa shape index (κ3) is 2.64. The highest BCUT2D eigenvalue weighted by atomic mass is 16.5. The molecule has 2 nitrogen and oxygen atoms in total. The summed E-state index contributed by atoms with van der Waals surface area (Å²) in [5.41, 5.74) is 4.49. The monoisotopic (exact) mass is 293 g/mol. The van der Waals surface area contributed by atoms with Crippen molar-refractivity contribution in [2.75, 3.05) is 20.2 Å². The van der Waals surface area contributed by atoms with Gasteiger partial charge in [-0.3, -0.25) is 4.90 Å². The fraction of sp³-hybridized carbons (Fsp3) is 0.400. The largest absolute Gasteiger partial charge is 0.497 e. The number of methoxy groups -OCH3 is 1. The lowest BCUT2D eigenvalue weighted by Crippen LogP contribution is -2.42. The molecule has 22 heavy (non-hydrogen) atoms. The Morgan fingerprint density at radius 2 is 1.95 bits per heavy atom. The van der Waals surface area contributed by atoms with E-state index in [1.807, 2.05) is 0 Å². The average Bonchev–Trinajstić information content (AvgIpc) is 2.55. The second-order valence-electron chi connectivity index (χ2n) is 6.75. The van der Waals surface area contributed by atoms with Crippen LogP contribution in [0.2, 0.25) is 0 Å². The first-order valence-electron chi connectivity index (χ1n) is 8.25. The zero-order chi connectivity index (χ0) is 14.9. The Balaban J connectivity index is 1.55. The van der Waals surface area contributed by atoms with Crippen molar-refractivity contribution in [3.63, 3.8) is 0 Å². The quantitative estimate of drug-likeness (QED) is 0.852. The van der Waals surface area contributed by atoms with Crippen molar-refractivity contribution >= 4 is 0 Å².